The lowest BCUT2D eigenvalue weighted by Gasteiger charge is -2.28. The van der Waals surface area contributed by atoms with Crippen LogP contribution in [0.25, 0.3) is 22.1 Å². The fourth-order valence-corrected chi connectivity index (χ4v) is 7.66. The molecule has 0 bridgehead atoms. The summed E-state index contributed by atoms with van der Waals surface area (Å²) in [6.45, 7) is 19.0. The molecule has 2 N–H and O–H groups in total. The Morgan fingerprint density at radius 2 is 1.48 bits per heavy atom. The van der Waals surface area contributed by atoms with Gasteiger partial charge in [-0.1, -0.05) is 20.8 Å². The van der Waals surface area contributed by atoms with E-state index in [1.165, 1.54) is 17.6 Å². The summed E-state index contributed by atoms with van der Waals surface area (Å²) in [5.41, 5.74) is -0.103. The van der Waals surface area contributed by atoms with Gasteiger partial charge in [-0.15, -0.1) is 0 Å². The number of carbonyl (C=O) groups excluding carboxylic acids is 1. The minimum Gasteiger partial charge on any atom is -0.443 e. The average molecular weight is 724 g/mol. The Kier molecular flexibility index (Phi) is 9.94. The summed E-state index contributed by atoms with van der Waals surface area (Å²) >= 11 is 0. The second-order valence-corrected chi connectivity index (χ2v) is 15.6. The molecule has 3 aliphatic rings. The van der Waals surface area contributed by atoms with Gasteiger partial charge in [-0.2, -0.15) is 0 Å². The molecule has 3 aliphatic heterocycles. The van der Waals surface area contributed by atoms with Gasteiger partial charge in [0.05, 0.1) is 23.3 Å². The van der Waals surface area contributed by atoms with Crippen LogP contribution in [0.4, 0.5) is 10.6 Å². The molecule has 3 saturated heterocycles. The number of anilines is 1. The molecule has 7 rings (SSSR count). The highest BCUT2D eigenvalue weighted by Crippen LogP contribution is 2.51. The van der Waals surface area contributed by atoms with Crippen LogP contribution in [0.2, 0.25) is 0 Å². The highest BCUT2D eigenvalue weighted by Gasteiger charge is 2.63. The molecule has 52 heavy (non-hydrogen) atoms. The lowest BCUT2D eigenvalue weighted by atomic mass is 9.93. The standard InChI is InChI=1S/C22H32N4O5.C15H21N3O3/c1-9-14-22(7)15(29-21(5,6)31-22)18(28-14)26-11-10-13-16(23-12-24-17(13)26)25(8)19(27)30-20(2,3)4;1-4-10-9-6-7-18(13(9)17-8-16-10)14-12(19)15(3,20)11(5-2)21-14/h10-12,14-15,18H,9H2,1-8H3;6-8,11-12,14,19-20H,4-5H2,1-3H3/t14-,15+,18-,22-;11-,12+,14-,15-/m11/s1. The number of nitrogens with zero attached hydrogens (tertiary/aromatic N) is 7. The highest BCUT2D eigenvalue weighted by atomic mass is 16.8. The number of amides is 1. The number of aromatic nitrogens is 6. The Labute approximate surface area is 304 Å². The molecule has 4 aromatic heterocycles. The van der Waals surface area contributed by atoms with E-state index in [9.17, 15) is 15.0 Å². The van der Waals surface area contributed by atoms with Crippen molar-refractivity contribution in [1.82, 2.24) is 29.1 Å². The third-order valence-corrected chi connectivity index (χ3v) is 10.2. The molecule has 8 atom stereocenters. The predicted octanol–water partition coefficient (Wildman–Crippen LogP) is 5.43. The molecule has 15 nitrogen and oxygen atoms in total. The normalized spacial score (nSPS) is 31.1. The number of aliphatic hydroxyl groups excluding tert-OH is 1. The van der Waals surface area contributed by atoms with E-state index in [1.54, 1.807) is 18.5 Å². The zero-order chi connectivity index (χ0) is 38.0. The topological polar surface area (TPSA) is 168 Å². The smallest absolute Gasteiger partial charge is 0.415 e. The van der Waals surface area contributed by atoms with Crippen molar-refractivity contribution in [3.8, 4) is 0 Å². The minimum absolute atomic E-state index is 0.118. The number of ether oxygens (including phenoxy) is 5. The maximum Gasteiger partial charge on any atom is 0.415 e. The fraction of sp³-hybridized carbons (Fsp3) is 0.649. The maximum absolute atomic E-state index is 12.6. The summed E-state index contributed by atoms with van der Waals surface area (Å²) in [4.78, 5) is 31.4. The van der Waals surface area contributed by atoms with Crippen LogP contribution in [0.1, 0.15) is 100 Å². The molecule has 0 saturated carbocycles. The van der Waals surface area contributed by atoms with Gasteiger partial charge in [0.25, 0.3) is 0 Å². The summed E-state index contributed by atoms with van der Waals surface area (Å²) in [6.07, 6.45) is 5.58. The largest absolute Gasteiger partial charge is 0.443 e. The number of hydrogen-bond donors (Lipinski definition) is 2. The van der Waals surface area contributed by atoms with Crippen LogP contribution < -0.4 is 4.90 Å². The van der Waals surface area contributed by atoms with Crippen LogP contribution in [0.3, 0.4) is 0 Å². The molecule has 284 valence electrons. The first-order valence-electron chi connectivity index (χ1n) is 18.0. The molecule has 0 radical (unpaired) electrons. The third kappa shape index (κ3) is 6.56. The van der Waals surface area contributed by atoms with Crippen molar-refractivity contribution in [2.75, 3.05) is 11.9 Å². The van der Waals surface area contributed by atoms with E-state index >= 15 is 0 Å². The van der Waals surface area contributed by atoms with Gasteiger partial charge in [0.2, 0.25) is 0 Å². The van der Waals surface area contributed by atoms with Crippen molar-refractivity contribution >= 4 is 34.0 Å². The molecule has 15 heteroatoms. The molecule has 0 aliphatic carbocycles. The summed E-state index contributed by atoms with van der Waals surface area (Å²) in [5.74, 6) is -0.232. The zero-order valence-electron chi connectivity index (χ0n) is 32.0. The quantitative estimate of drug-likeness (QED) is 0.259. The first kappa shape index (κ1) is 38.0. The number of hydrogen-bond acceptors (Lipinski definition) is 12. The lowest BCUT2D eigenvalue weighted by Crippen LogP contribution is -2.44. The van der Waals surface area contributed by atoms with Gasteiger partial charge < -0.3 is 43.0 Å². The second kappa shape index (κ2) is 13.6. The van der Waals surface area contributed by atoms with Crippen LogP contribution in [0.15, 0.2) is 37.2 Å². The Balaban J connectivity index is 0.000000192. The van der Waals surface area contributed by atoms with Crippen molar-refractivity contribution in [1.29, 1.82) is 0 Å². The fourth-order valence-electron chi connectivity index (χ4n) is 7.66. The van der Waals surface area contributed by atoms with Gasteiger partial charge >= 0.3 is 6.09 Å². The van der Waals surface area contributed by atoms with Gasteiger partial charge in [-0.05, 0) is 79.9 Å². The van der Waals surface area contributed by atoms with E-state index in [-0.39, 0.29) is 12.2 Å². The summed E-state index contributed by atoms with van der Waals surface area (Å²) in [7, 11) is 1.64. The molecule has 4 aromatic rings. The Morgan fingerprint density at radius 3 is 2.08 bits per heavy atom. The van der Waals surface area contributed by atoms with Gasteiger partial charge in [-0.3, -0.25) is 4.90 Å². The molecule has 7 heterocycles. The zero-order valence-corrected chi connectivity index (χ0v) is 32.0. The van der Waals surface area contributed by atoms with Gasteiger partial charge in [0, 0.05) is 24.8 Å². The minimum atomic E-state index is -1.27. The van der Waals surface area contributed by atoms with Gasteiger partial charge in [-0.25, -0.2) is 24.7 Å². The molecular weight excluding hydrogens is 670 g/mol. The first-order chi connectivity index (χ1) is 24.4. The van der Waals surface area contributed by atoms with Crippen LogP contribution in [-0.4, -0.2) is 99.4 Å². The van der Waals surface area contributed by atoms with E-state index in [1.807, 2.05) is 84.5 Å². The van der Waals surface area contributed by atoms with Crippen LogP contribution in [0.5, 0.6) is 0 Å². The number of rotatable bonds is 6. The number of aliphatic hydroxyl groups is 2. The van der Waals surface area contributed by atoms with Crippen LogP contribution in [-0.2, 0) is 30.1 Å². The molecule has 0 spiro atoms. The Morgan fingerprint density at radius 1 is 0.904 bits per heavy atom. The number of fused-ring (bicyclic) bond motifs is 3. The van der Waals surface area contributed by atoms with E-state index in [2.05, 4.69) is 26.9 Å². The summed E-state index contributed by atoms with van der Waals surface area (Å²) in [5, 5.41) is 22.6. The monoisotopic (exact) mass is 723 g/mol. The molecule has 0 unspecified atom stereocenters. The second-order valence-electron chi connectivity index (χ2n) is 15.6. The predicted molar refractivity (Wildman–Crippen MR) is 193 cm³/mol. The Hall–Kier alpha value is -3.73. The van der Waals surface area contributed by atoms with Crippen LogP contribution in [0, 0.1) is 0 Å². The maximum atomic E-state index is 12.6. The van der Waals surface area contributed by atoms with Crippen LogP contribution >= 0.6 is 0 Å². The van der Waals surface area contributed by atoms with Crippen molar-refractivity contribution in [3.63, 3.8) is 0 Å². The van der Waals surface area contributed by atoms with Crippen molar-refractivity contribution < 1.29 is 38.7 Å². The van der Waals surface area contributed by atoms with E-state index in [4.69, 9.17) is 23.7 Å². The lowest BCUT2D eigenvalue weighted by molar-refractivity contribution is -0.210. The number of aryl methyl sites for hydroxylation is 1. The van der Waals surface area contributed by atoms with Gasteiger partial charge in [0.1, 0.15) is 53.0 Å². The summed E-state index contributed by atoms with van der Waals surface area (Å²) < 4.78 is 34.0. The molecule has 0 aromatic carbocycles. The van der Waals surface area contributed by atoms with Crippen molar-refractivity contribution in [3.05, 3.63) is 42.9 Å². The molecule has 3 fully saturated rings. The SMILES string of the molecule is CC[C@H]1O[C@@H](n2ccc3c(N(C)C(=O)OC(C)(C)C)ncnc32)[C@@H]2OC(C)(C)O[C@]12C.CCc1ncnc2c1ccn2[C@@H]1O[C@H](CC)[C@@](C)(O)[C@H]1O. The molecular formula is C37H53N7O8. The van der Waals surface area contributed by atoms with E-state index < -0.39 is 53.3 Å². The number of carbonyl (C=O) groups is 1. The average Bonchev–Trinajstić information content (AvgIpc) is 3.86. The highest BCUT2D eigenvalue weighted by molar-refractivity contribution is 5.97. The van der Waals surface area contributed by atoms with E-state index in [0.29, 0.717) is 17.9 Å². The van der Waals surface area contributed by atoms with Gasteiger partial charge in [0.15, 0.2) is 24.1 Å². The van der Waals surface area contributed by atoms with Crippen molar-refractivity contribution in [2.45, 2.75) is 148 Å². The molecule has 1 amide bonds. The first-order valence-corrected chi connectivity index (χ1v) is 18.0. The summed E-state index contributed by atoms with van der Waals surface area (Å²) in [6, 6.07) is 3.81. The van der Waals surface area contributed by atoms with Crippen molar-refractivity contribution in [2.24, 2.45) is 0 Å². The Bertz CT molecular complexity index is 1920. The van der Waals surface area contributed by atoms with E-state index in [0.717, 1.165) is 35.0 Å². The third-order valence-electron chi connectivity index (χ3n) is 10.2.